The molecule has 0 spiro atoms. The Morgan fingerprint density at radius 1 is 1.14 bits per heavy atom. The van der Waals surface area contributed by atoms with Gasteiger partial charge in [-0.1, -0.05) is 12.1 Å². The summed E-state index contributed by atoms with van der Waals surface area (Å²) in [5.41, 5.74) is 2.03. The molecule has 2 N–H and O–H groups in total. The van der Waals surface area contributed by atoms with E-state index in [2.05, 4.69) is 10.6 Å². The van der Waals surface area contributed by atoms with E-state index >= 15 is 0 Å². The highest BCUT2D eigenvalue weighted by Crippen LogP contribution is 2.15. The van der Waals surface area contributed by atoms with Crippen LogP contribution in [-0.2, 0) is 4.79 Å². The van der Waals surface area contributed by atoms with Crippen molar-refractivity contribution in [3.05, 3.63) is 59.7 Å². The summed E-state index contributed by atoms with van der Waals surface area (Å²) in [5, 5.41) is 5.53. The topological polar surface area (TPSA) is 41.1 Å². The zero-order valence-corrected chi connectivity index (χ0v) is 11.6. The average Bonchev–Trinajstić information content (AvgIpc) is 2.42. The zero-order chi connectivity index (χ0) is 15.2. The number of anilines is 2. The SMILES string of the molecule is Cc1cccc(NCCC(=O)Nc2ccc(F)cc2F)c1. The molecule has 0 aliphatic rings. The molecule has 0 aliphatic heterocycles. The molecule has 0 fully saturated rings. The Bertz CT molecular complexity index is 644. The molecule has 0 saturated carbocycles. The molecule has 0 aliphatic carbocycles. The second-order valence-corrected chi connectivity index (χ2v) is 4.72. The average molecular weight is 290 g/mol. The van der Waals surface area contributed by atoms with Gasteiger partial charge in [0, 0.05) is 24.7 Å². The largest absolute Gasteiger partial charge is 0.385 e. The van der Waals surface area contributed by atoms with Crippen LogP contribution in [0.1, 0.15) is 12.0 Å². The fourth-order valence-electron chi connectivity index (χ4n) is 1.88. The molecule has 2 aromatic rings. The van der Waals surface area contributed by atoms with Crippen molar-refractivity contribution in [3.63, 3.8) is 0 Å². The normalized spacial score (nSPS) is 10.2. The molecule has 0 radical (unpaired) electrons. The molecule has 110 valence electrons. The van der Waals surface area contributed by atoms with Gasteiger partial charge in [-0.2, -0.15) is 0 Å². The minimum Gasteiger partial charge on any atom is -0.385 e. The third kappa shape index (κ3) is 4.56. The first-order chi connectivity index (χ1) is 10.0. The van der Waals surface area contributed by atoms with Gasteiger partial charge < -0.3 is 10.6 Å². The van der Waals surface area contributed by atoms with Gasteiger partial charge in [-0.3, -0.25) is 4.79 Å². The lowest BCUT2D eigenvalue weighted by molar-refractivity contribution is -0.116. The lowest BCUT2D eigenvalue weighted by atomic mass is 10.2. The Balaban J connectivity index is 1.82. The van der Waals surface area contributed by atoms with Gasteiger partial charge in [0.15, 0.2) is 0 Å². The van der Waals surface area contributed by atoms with Crippen LogP contribution >= 0.6 is 0 Å². The molecule has 0 bridgehead atoms. The third-order valence-electron chi connectivity index (χ3n) is 2.90. The Labute approximate surface area is 122 Å². The Kier molecular flexibility index (Phi) is 4.87. The van der Waals surface area contributed by atoms with Crippen LogP contribution in [0.5, 0.6) is 0 Å². The summed E-state index contributed by atoms with van der Waals surface area (Å²) in [5.74, 6) is -1.79. The van der Waals surface area contributed by atoms with Crippen LogP contribution in [-0.4, -0.2) is 12.5 Å². The molecule has 0 atom stereocenters. The number of amides is 1. The van der Waals surface area contributed by atoms with Crippen molar-refractivity contribution >= 4 is 17.3 Å². The zero-order valence-electron chi connectivity index (χ0n) is 11.6. The van der Waals surface area contributed by atoms with Gasteiger partial charge in [0.2, 0.25) is 5.91 Å². The summed E-state index contributed by atoms with van der Waals surface area (Å²) in [6, 6.07) is 10.8. The predicted molar refractivity (Wildman–Crippen MR) is 79.3 cm³/mol. The summed E-state index contributed by atoms with van der Waals surface area (Å²) < 4.78 is 26.1. The molecule has 0 saturated heterocycles. The minimum absolute atomic E-state index is 0.0167. The predicted octanol–water partition coefficient (Wildman–Crippen LogP) is 3.71. The molecule has 0 heterocycles. The number of carbonyl (C=O) groups is 1. The maximum atomic E-state index is 13.4. The van der Waals surface area contributed by atoms with Crippen molar-refractivity contribution in [1.82, 2.24) is 0 Å². The van der Waals surface area contributed by atoms with E-state index in [-0.39, 0.29) is 18.0 Å². The number of rotatable bonds is 5. The van der Waals surface area contributed by atoms with Crippen LogP contribution in [0, 0.1) is 18.6 Å². The smallest absolute Gasteiger partial charge is 0.226 e. The maximum absolute atomic E-state index is 13.4. The number of halogens is 2. The van der Waals surface area contributed by atoms with E-state index in [0.717, 1.165) is 23.4 Å². The van der Waals surface area contributed by atoms with Crippen LogP contribution in [0.3, 0.4) is 0 Å². The summed E-state index contributed by atoms with van der Waals surface area (Å²) in [4.78, 5) is 11.7. The van der Waals surface area contributed by atoms with E-state index in [1.165, 1.54) is 6.07 Å². The molecule has 21 heavy (non-hydrogen) atoms. The van der Waals surface area contributed by atoms with E-state index in [4.69, 9.17) is 0 Å². The van der Waals surface area contributed by atoms with Crippen molar-refractivity contribution in [2.75, 3.05) is 17.2 Å². The number of hydrogen-bond donors (Lipinski definition) is 2. The summed E-state index contributed by atoms with van der Waals surface area (Å²) in [6.45, 7) is 2.41. The fourth-order valence-corrected chi connectivity index (χ4v) is 1.88. The maximum Gasteiger partial charge on any atom is 0.226 e. The fraction of sp³-hybridized carbons (Fsp3) is 0.188. The lowest BCUT2D eigenvalue weighted by Crippen LogP contribution is -2.17. The number of hydrogen-bond acceptors (Lipinski definition) is 2. The van der Waals surface area contributed by atoms with Crippen molar-refractivity contribution < 1.29 is 13.6 Å². The van der Waals surface area contributed by atoms with Gasteiger partial charge in [0.1, 0.15) is 11.6 Å². The summed E-state index contributed by atoms with van der Waals surface area (Å²) in [6.07, 6.45) is 0.185. The van der Waals surface area contributed by atoms with E-state index in [1.807, 2.05) is 31.2 Å². The molecular formula is C16H16F2N2O. The summed E-state index contributed by atoms with van der Waals surface area (Å²) in [7, 11) is 0. The van der Waals surface area contributed by atoms with Crippen molar-refractivity contribution in [3.8, 4) is 0 Å². The van der Waals surface area contributed by atoms with Gasteiger partial charge in [-0.05, 0) is 36.8 Å². The molecule has 5 heteroatoms. The molecule has 0 aromatic heterocycles. The Hall–Kier alpha value is -2.43. The highest BCUT2D eigenvalue weighted by atomic mass is 19.1. The highest BCUT2D eigenvalue weighted by molar-refractivity contribution is 5.91. The number of benzene rings is 2. The van der Waals surface area contributed by atoms with Gasteiger partial charge in [0.25, 0.3) is 0 Å². The Morgan fingerprint density at radius 3 is 2.67 bits per heavy atom. The first-order valence-electron chi connectivity index (χ1n) is 6.60. The van der Waals surface area contributed by atoms with Crippen LogP contribution < -0.4 is 10.6 Å². The Morgan fingerprint density at radius 2 is 1.95 bits per heavy atom. The number of aryl methyl sites for hydroxylation is 1. The number of carbonyl (C=O) groups excluding carboxylic acids is 1. The van der Waals surface area contributed by atoms with E-state index in [0.29, 0.717) is 6.54 Å². The van der Waals surface area contributed by atoms with Crippen molar-refractivity contribution in [2.45, 2.75) is 13.3 Å². The van der Waals surface area contributed by atoms with Crippen LogP contribution in [0.25, 0.3) is 0 Å². The molecule has 2 rings (SSSR count). The van der Waals surface area contributed by atoms with E-state index < -0.39 is 11.6 Å². The molecule has 3 nitrogen and oxygen atoms in total. The molecule has 1 amide bonds. The van der Waals surface area contributed by atoms with Crippen LogP contribution in [0.2, 0.25) is 0 Å². The second kappa shape index (κ2) is 6.83. The molecule has 0 unspecified atom stereocenters. The van der Waals surface area contributed by atoms with Gasteiger partial charge in [0.05, 0.1) is 5.69 Å². The molecule has 2 aromatic carbocycles. The standard InChI is InChI=1S/C16H16F2N2O/c1-11-3-2-4-13(9-11)19-8-7-16(21)20-15-6-5-12(17)10-14(15)18/h2-6,9-10,19H,7-8H2,1H3,(H,20,21). The highest BCUT2D eigenvalue weighted by Gasteiger charge is 2.07. The first kappa shape index (κ1) is 15.0. The second-order valence-electron chi connectivity index (χ2n) is 4.72. The van der Waals surface area contributed by atoms with Gasteiger partial charge in [-0.15, -0.1) is 0 Å². The third-order valence-corrected chi connectivity index (χ3v) is 2.90. The molecular weight excluding hydrogens is 274 g/mol. The van der Waals surface area contributed by atoms with E-state index in [1.54, 1.807) is 0 Å². The number of nitrogens with one attached hydrogen (secondary N) is 2. The van der Waals surface area contributed by atoms with Crippen LogP contribution in [0.15, 0.2) is 42.5 Å². The van der Waals surface area contributed by atoms with Crippen molar-refractivity contribution in [2.24, 2.45) is 0 Å². The quantitative estimate of drug-likeness (QED) is 0.881. The monoisotopic (exact) mass is 290 g/mol. The first-order valence-corrected chi connectivity index (χ1v) is 6.60. The van der Waals surface area contributed by atoms with Crippen molar-refractivity contribution in [1.29, 1.82) is 0 Å². The minimum atomic E-state index is -0.782. The lowest BCUT2D eigenvalue weighted by Gasteiger charge is -2.08. The van der Waals surface area contributed by atoms with E-state index in [9.17, 15) is 13.6 Å². The van der Waals surface area contributed by atoms with Crippen LogP contribution in [0.4, 0.5) is 20.2 Å². The van der Waals surface area contributed by atoms with Gasteiger partial charge >= 0.3 is 0 Å². The summed E-state index contributed by atoms with van der Waals surface area (Å²) >= 11 is 0. The van der Waals surface area contributed by atoms with Gasteiger partial charge in [-0.25, -0.2) is 8.78 Å².